The van der Waals surface area contributed by atoms with Crippen LogP contribution in [-0.4, -0.2) is 25.4 Å². The van der Waals surface area contributed by atoms with Crippen LogP contribution in [-0.2, 0) is 4.74 Å². The summed E-state index contributed by atoms with van der Waals surface area (Å²) < 4.78 is 5.00. The first-order valence-corrected chi connectivity index (χ1v) is 6.25. The fraction of sp³-hybridized carbons (Fsp3) is 0.571. The van der Waals surface area contributed by atoms with Gasteiger partial charge in [-0.2, -0.15) is 0 Å². The maximum absolute atomic E-state index is 9.39. The lowest BCUT2D eigenvalue weighted by Gasteiger charge is -2.14. The highest BCUT2D eigenvalue weighted by Crippen LogP contribution is 2.17. The Morgan fingerprint density at radius 1 is 1.29 bits per heavy atom. The average molecular weight is 237 g/mol. The van der Waals surface area contributed by atoms with E-state index < -0.39 is 0 Å². The summed E-state index contributed by atoms with van der Waals surface area (Å²) in [4.78, 5) is 0. The molecule has 1 aromatic rings. The van der Waals surface area contributed by atoms with Gasteiger partial charge < -0.3 is 15.2 Å². The van der Waals surface area contributed by atoms with Crippen LogP contribution in [0.4, 0.5) is 0 Å². The number of rotatable bonds is 8. The Labute approximate surface area is 104 Å². The minimum absolute atomic E-state index is 0.282. The predicted molar refractivity (Wildman–Crippen MR) is 70.3 cm³/mol. The molecule has 0 fully saturated rings. The van der Waals surface area contributed by atoms with E-state index in [0.717, 1.165) is 31.6 Å². The molecule has 0 amide bonds. The van der Waals surface area contributed by atoms with E-state index in [0.29, 0.717) is 5.75 Å². The van der Waals surface area contributed by atoms with Crippen molar-refractivity contribution in [2.45, 2.75) is 32.2 Å². The Hall–Kier alpha value is -1.06. The molecule has 0 radical (unpaired) electrons. The molecular formula is C14H23NO2. The Morgan fingerprint density at radius 3 is 2.82 bits per heavy atom. The second-order valence-electron chi connectivity index (χ2n) is 4.32. The van der Waals surface area contributed by atoms with E-state index in [1.165, 1.54) is 6.42 Å². The smallest absolute Gasteiger partial charge is 0.115 e. The van der Waals surface area contributed by atoms with Crippen LogP contribution in [0.1, 0.15) is 37.8 Å². The normalized spacial score (nSPS) is 12.6. The third-order valence-corrected chi connectivity index (χ3v) is 2.85. The number of benzene rings is 1. The third kappa shape index (κ3) is 5.71. The molecule has 1 rings (SSSR count). The lowest BCUT2D eigenvalue weighted by Crippen LogP contribution is -2.19. The highest BCUT2D eigenvalue weighted by atomic mass is 16.5. The summed E-state index contributed by atoms with van der Waals surface area (Å²) in [6.07, 6.45) is 3.47. The van der Waals surface area contributed by atoms with Gasteiger partial charge in [-0.05, 0) is 50.4 Å². The van der Waals surface area contributed by atoms with Gasteiger partial charge in [0.2, 0.25) is 0 Å². The molecule has 1 atom stereocenters. The molecule has 0 aliphatic heterocycles. The van der Waals surface area contributed by atoms with Crippen molar-refractivity contribution in [1.82, 2.24) is 5.32 Å². The number of phenolic OH excluding ortho intramolecular Hbond substituents is 1. The highest BCUT2D eigenvalue weighted by molar-refractivity contribution is 5.28. The molecule has 0 bridgehead atoms. The Kier molecular flexibility index (Phi) is 6.67. The van der Waals surface area contributed by atoms with E-state index in [4.69, 9.17) is 4.74 Å². The molecule has 0 aliphatic rings. The lowest BCUT2D eigenvalue weighted by molar-refractivity contribution is 0.192. The first-order valence-electron chi connectivity index (χ1n) is 6.25. The number of ether oxygens (including phenoxy) is 1. The van der Waals surface area contributed by atoms with Gasteiger partial charge in [0.1, 0.15) is 5.75 Å². The molecule has 3 heteroatoms. The topological polar surface area (TPSA) is 41.5 Å². The minimum atomic E-state index is 0.282. The van der Waals surface area contributed by atoms with E-state index in [2.05, 4.69) is 12.2 Å². The maximum atomic E-state index is 9.39. The van der Waals surface area contributed by atoms with E-state index in [9.17, 15) is 5.11 Å². The van der Waals surface area contributed by atoms with Crippen molar-refractivity contribution in [2.75, 3.05) is 20.3 Å². The van der Waals surface area contributed by atoms with Crippen LogP contribution in [0.2, 0.25) is 0 Å². The van der Waals surface area contributed by atoms with Crippen LogP contribution in [0.5, 0.6) is 5.75 Å². The summed E-state index contributed by atoms with van der Waals surface area (Å²) in [6, 6.07) is 7.69. The number of nitrogens with one attached hydrogen (secondary N) is 1. The fourth-order valence-electron chi connectivity index (χ4n) is 1.78. The van der Waals surface area contributed by atoms with E-state index in [1.54, 1.807) is 13.2 Å². The zero-order valence-corrected chi connectivity index (χ0v) is 10.8. The molecule has 2 N–H and O–H groups in total. The number of hydrogen-bond donors (Lipinski definition) is 2. The van der Waals surface area contributed by atoms with Crippen molar-refractivity contribution in [3.8, 4) is 5.75 Å². The molecule has 1 unspecified atom stereocenters. The van der Waals surface area contributed by atoms with Crippen molar-refractivity contribution < 1.29 is 9.84 Å². The molecule has 3 nitrogen and oxygen atoms in total. The molecule has 0 aliphatic carbocycles. The Bertz CT molecular complexity index is 315. The monoisotopic (exact) mass is 237 g/mol. The van der Waals surface area contributed by atoms with Gasteiger partial charge in [-0.25, -0.2) is 0 Å². The van der Waals surface area contributed by atoms with E-state index in [1.807, 2.05) is 18.2 Å². The van der Waals surface area contributed by atoms with Gasteiger partial charge in [0.05, 0.1) is 0 Å². The molecule has 1 aromatic carbocycles. The first-order chi connectivity index (χ1) is 8.24. The summed E-state index contributed by atoms with van der Waals surface area (Å²) in [5, 5.41) is 12.8. The molecule has 17 heavy (non-hydrogen) atoms. The predicted octanol–water partition coefficient (Wildman–Crippen LogP) is 2.86. The molecule has 0 saturated carbocycles. The van der Waals surface area contributed by atoms with Crippen molar-refractivity contribution in [3.63, 3.8) is 0 Å². The molecular weight excluding hydrogens is 214 g/mol. The fourth-order valence-corrected chi connectivity index (χ4v) is 1.78. The zero-order valence-electron chi connectivity index (χ0n) is 10.8. The molecule has 96 valence electrons. The maximum Gasteiger partial charge on any atom is 0.115 e. The van der Waals surface area contributed by atoms with Crippen LogP contribution >= 0.6 is 0 Å². The number of unbranched alkanes of at least 4 members (excludes halogenated alkanes) is 2. The molecule has 0 saturated heterocycles. The van der Waals surface area contributed by atoms with Gasteiger partial charge in [0.25, 0.3) is 0 Å². The Balaban J connectivity index is 2.19. The molecule has 0 heterocycles. The van der Waals surface area contributed by atoms with Crippen molar-refractivity contribution in [2.24, 2.45) is 0 Å². The number of hydrogen-bond acceptors (Lipinski definition) is 3. The number of aromatic hydroxyl groups is 1. The van der Waals surface area contributed by atoms with Crippen molar-refractivity contribution in [3.05, 3.63) is 29.8 Å². The van der Waals surface area contributed by atoms with Crippen LogP contribution in [0.3, 0.4) is 0 Å². The summed E-state index contributed by atoms with van der Waals surface area (Å²) in [7, 11) is 1.74. The van der Waals surface area contributed by atoms with Gasteiger partial charge in [-0.15, -0.1) is 0 Å². The molecule has 0 spiro atoms. The number of methoxy groups -OCH3 is 1. The van der Waals surface area contributed by atoms with Crippen molar-refractivity contribution in [1.29, 1.82) is 0 Å². The standard InChI is InChI=1S/C14H23NO2/c1-12(13-7-6-8-14(16)11-13)15-9-4-3-5-10-17-2/h6-8,11-12,15-16H,3-5,9-10H2,1-2H3. The summed E-state index contributed by atoms with van der Waals surface area (Å²) in [5.74, 6) is 0.330. The average Bonchev–Trinajstić information content (AvgIpc) is 2.33. The van der Waals surface area contributed by atoms with Gasteiger partial charge in [-0.1, -0.05) is 12.1 Å². The second-order valence-corrected chi connectivity index (χ2v) is 4.32. The van der Waals surface area contributed by atoms with Crippen molar-refractivity contribution >= 4 is 0 Å². The largest absolute Gasteiger partial charge is 0.508 e. The third-order valence-electron chi connectivity index (χ3n) is 2.85. The van der Waals surface area contributed by atoms with E-state index in [-0.39, 0.29) is 6.04 Å². The lowest BCUT2D eigenvalue weighted by atomic mass is 10.1. The van der Waals surface area contributed by atoms with E-state index >= 15 is 0 Å². The highest BCUT2D eigenvalue weighted by Gasteiger charge is 2.04. The Morgan fingerprint density at radius 2 is 2.12 bits per heavy atom. The number of phenols is 1. The minimum Gasteiger partial charge on any atom is -0.508 e. The summed E-state index contributed by atoms with van der Waals surface area (Å²) in [6.45, 7) is 3.96. The summed E-state index contributed by atoms with van der Waals surface area (Å²) >= 11 is 0. The zero-order chi connectivity index (χ0) is 12.5. The SMILES string of the molecule is COCCCCCNC(C)c1cccc(O)c1. The summed E-state index contributed by atoms with van der Waals surface area (Å²) in [5.41, 5.74) is 1.13. The second kappa shape index (κ2) is 8.09. The van der Waals surface area contributed by atoms with Crippen LogP contribution in [0.25, 0.3) is 0 Å². The van der Waals surface area contributed by atoms with Gasteiger partial charge >= 0.3 is 0 Å². The first kappa shape index (κ1) is 14.0. The van der Waals surface area contributed by atoms with Gasteiger partial charge in [0, 0.05) is 19.8 Å². The molecule has 0 aromatic heterocycles. The van der Waals surface area contributed by atoms with Gasteiger partial charge in [-0.3, -0.25) is 0 Å². The quantitative estimate of drug-likeness (QED) is 0.683. The van der Waals surface area contributed by atoms with Crippen LogP contribution in [0.15, 0.2) is 24.3 Å². The van der Waals surface area contributed by atoms with Crippen LogP contribution < -0.4 is 5.32 Å². The van der Waals surface area contributed by atoms with Gasteiger partial charge in [0.15, 0.2) is 0 Å². The van der Waals surface area contributed by atoms with Crippen LogP contribution in [0, 0.1) is 0 Å².